The van der Waals surface area contributed by atoms with E-state index in [-0.39, 0.29) is 0 Å². The molecule has 28 heavy (non-hydrogen) atoms. The average Bonchev–Trinajstić information content (AvgIpc) is 2.41. The minimum absolute atomic E-state index is 0.903. The van der Waals surface area contributed by atoms with Gasteiger partial charge in [-0.15, -0.1) is 0 Å². The summed E-state index contributed by atoms with van der Waals surface area (Å²) < 4.78 is 12.5. The Balaban J connectivity index is 5.88. The molecule has 0 aromatic heterocycles. The van der Waals surface area contributed by atoms with Crippen LogP contribution in [-0.2, 0) is 8.85 Å². The first-order chi connectivity index (χ1) is 12.1. The molecule has 2 unspecified atom stereocenters. The molecule has 0 aliphatic rings. The minimum Gasteiger partial charge on any atom is -0.421 e. The van der Waals surface area contributed by atoms with Crippen molar-refractivity contribution in [2.45, 2.75) is 113 Å². The van der Waals surface area contributed by atoms with Crippen molar-refractivity contribution in [2.75, 3.05) is 14.2 Å². The zero-order chi connectivity index (χ0) is 23.0. The minimum atomic E-state index is -1.65. The van der Waals surface area contributed by atoms with Crippen LogP contribution >= 0.6 is 0 Å². The van der Waals surface area contributed by atoms with Crippen molar-refractivity contribution in [1.82, 2.24) is 0 Å². The van der Waals surface area contributed by atoms with Crippen LogP contribution in [0.4, 0.5) is 0 Å². The SMILES string of the molecule is CO[Si](C)(C)C([Si](C)(C)C)[Si](C)(C)CC[Si](C)(C)C([Si](C)(C)C)[Si](C)(C)OC. The Bertz CT molecular complexity index is 458. The summed E-state index contributed by atoms with van der Waals surface area (Å²) in [6.45, 7) is 36.3. The lowest BCUT2D eigenvalue weighted by Crippen LogP contribution is -2.61. The van der Waals surface area contributed by atoms with E-state index in [1.807, 2.05) is 14.2 Å². The van der Waals surface area contributed by atoms with Crippen LogP contribution < -0.4 is 0 Å². The Labute approximate surface area is 184 Å². The normalized spacial score (nSPS) is 17.6. The summed E-state index contributed by atoms with van der Waals surface area (Å²) in [7, 11) is -4.66. The second-order valence-corrected chi connectivity index (χ2v) is 46.3. The lowest BCUT2D eigenvalue weighted by Gasteiger charge is -2.51. The van der Waals surface area contributed by atoms with Gasteiger partial charge >= 0.3 is 0 Å². The summed E-state index contributed by atoms with van der Waals surface area (Å²) >= 11 is 0. The van der Waals surface area contributed by atoms with Crippen LogP contribution in [0.25, 0.3) is 0 Å². The van der Waals surface area contributed by atoms with Gasteiger partial charge in [-0.2, -0.15) is 0 Å². The molecular weight excluding hydrogens is 441 g/mol. The number of rotatable bonds is 11. The summed E-state index contributed by atoms with van der Waals surface area (Å²) in [6, 6.07) is 2.96. The van der Waals surface area contributed by atoms with Gasteiger partial charge in [0.25, 0.3) is 0 Å². The van der Waals surface area contributed by atoms with Crippen molar-refractivity contribution in [3.63, 3.8) is 0 Å². The van der Waals surface area contributed by atoms with E-state index in [0.29, 0.717) is 0 Å². The standard InChI is InChI=1S/C20H54O2Si6/c1-21-27(13,14)19(23(3,4)5)25(9,10)17-18-26(11,12)20(24(6,7)8)28(15,16)22-2/h19-20H,17-18H2,1-16H3. The van der Waals surface area contributed by atoms with E-state index in [1.54, 1.807) is 0 Å². The van der Waals surface area contributed by atoms with Gasteiger partial charge in [0.15, 0.2) is 16.6 Å². The van der Waals surface area contributed by atoms with Gasteiger partial charge in [0.2, 0.25) is 0 Å². The molecule has 0 heterocycles. The molecule has 0 spiro atoms. The van der Waals surface area contributed by atoms with Crippen LogP contribution in [-0.4, -0.2) is 63.1 Å². The molecule has 0 saturated carbocycles. The first-order valence-corrected chi connectivity index (χ1v) is 30.9. The molecule has 0 fully saturated rings. The Morgan fingerprint density at radius 3 is 0.821 bits per heavy atom. The lowest BCUT2D eigenvalue weighted by atomic mass is 10.9. The molecule has 0 rings (SSSR count). The lowest BCUT2D eigenvalue weighted by molar-refractivity contribution is 0.404. The fraction of sp³-hybridized carbons (Fsp3) is 1.00. The van der Waals surface area contributed by atoms with E-state index in [4.69, 9.17) is 8.85 Å². The van der Waals surface area contributed by atoms with Crippen LogP contribution in [0.3, 0.4) is 0 Å². The fourth-order valence-electron chi connectivity index (χ4n) is 7.48. The first-order valence-electron chi connectivity index (χ1n) is 11.2. The Hall–Kier alpha value is 1.22. The smallest absolute Gasteiger partial charge is 0.184 e. The summed E-state index contributed by atoms with van der Waals surface area (Å²) in [5.74, 6) is 0. The molecule has 8 heteroatoms. The molecule has 0 aliphatic carbocycles. The quantitative estimate of drug-likeness (QED) is 0.274. The molecule has 0 aliphatic heterocycles. The predicted molar refractivity (Wildman–Crippen MR) is 148 cm³/mol. The molecule has 0 aromatic rings. The highest BCUT2D eigenvalue weighted by molar-refractivity contribution is 7.13. The molecular formula is C20H54O2Si6. The van der Waals surface area contributed by atoms with Gasteiger partial charge in [0, 0.05) is 46.5 Å². The van der Waals surface area contributed by atoms with Gasteiger partial charge in [0.05, 0.1) is 0 Å². The van der Waals surface area contributed by atoms with E-state index < -0.39 is 48.9 Å². The van der Waals surface area contributed by atoms with Gasteiger partial charge in [0.1, 0.15) is 0 Å². The Morgan fingerprint density at radius 1 is 0.464 bits per heavy atom. The van der Waals surface area contributed by atoms with Gasteiger partial charge in [-0.1, -0.05) is 77.6 Å². The second-order valence-electron chi connectivity index (χ2n) is 13.7. The van der Waals surface area contributed by atoms with Crippen LogP contribution in [0.15, 0.2) is 0 Å². The van der Waals surface area contributed by atoms with Crippen LogP contribution in [0.2, 0.25) is 113 Å². The van der Waals surface area contributed by atoms with Crippen molar-refractivity contribution >= 4 is 48.9 Å². The maximum atomic E-state index is 6.23. The number of hydrogen-bond donors (Lipinski definition) is 0. The van der Waals surface area contributed by atoms with Crippen LogP contribution in [0, 0.1) is 0 Å². The van der Waals surface area contributed by atoms with E-state index in [0.717, 1.165) is 9.58 Å². The molecule has 0 N–H and O–H groups in total. The van der Waals surface area contributed by atoms with Gasteiger partial charge in [-0.25, -0.2) is 0 Å². The predicted octanol–water partition coefficient (Wildman–Crippen LogP) is 7.68. The fourth-order valence-corrected chi connectivity index (χ4v) is 67.3. The summed E-state index contributed by atoms with van der Waals surface area (Å²) in [6.07, 6.45) is 0. The summed E-state index contributed by atoms with van der Waals surface area (Å²) in [4.78, 5) is 1.81. The zero-order valence-corrected chi connectivity index (χ0v) is 28.4. The monoisotopic (exact) mass is 494 g/mol. The van der Waals surface area contributed by atoms with Crippen molar-refractivity contribution in [1.29, 1.82) is 0 Å². The zero-order valence-electron chi connectivity index (χ0n) is 22.4. The molecule has 0 aromatic carbocycles. The summed E-state index contributed by atoms with van der Waals surface area (Å²) in [5.41, 5.74) is 0. The average molecular weight is 495 g/mol. The first kappa shape index (κ1) is 29.2. The second kappa shape index (κ2) is 9.38. The highest BCUT2D eigenvalue weighted by Crippen LogP contribution is 2.47. The van der Waals surface area contributed by atoms with E-state index in [1.165, 1.54) is 12.1 Å². The van der Waals surface area contributed by atoms with Gasteiger partial charge in [-0.3, -0.25) is 0 Å². The molecule has 170 valence electrons. The van der Waals surface area contributed by atoms with Crippen molar-refractivity contribution < 1.29 is 8.85 Å². The highest BCUT2D eigenvalue weighted by atomic mass is 28.5. The maximum absolute atomic E-state index is 6.23. The van der Waals surface area contributed by atoms with Gasteiger partial charge in [-0.05, 0) is 35.8 Å². The highest BCUT2D eigenvalue weighted by Gasteiger charge is 2.54. The third-order valence-corrected chi connectivity index (χ3v) is 50.3. The summed E-state index contributed by atoms with van der Waals surface area (Å²) in [5, 5.41) is 0. The van der Waals surface area contributed by atoms with Crippen molar-refractivity contribution in [3.8, 4) is 0 Å². The molecule has 0 amide bonds. The third kappa shape index (κ3) is 7.42. The number of hydrogen-bond acceptors (Lipinski definition) is 2. The van der Waals surface area contributed by atoms with Crippen molar-refractivity contribution in [2.24, 2.45) is 0 Å². The Kier molecular flexibility index (Phi) is 9.79. The van der Waals surface area contributed by atoms with Crippen molar-refractivity contribution in [3.05, 3.63) is 0 Å². The topological polar surface area (TPSA) is 18.5 Å². The molecule has 0 bridgehead atoms. The Morgan fingerprint density at radius 2 is 0.679 bits per heavy atom. The molecule has 0 radical (unpaired) electrons. The maximum Gasteiger partial charge on any atom is 0.184 e. The van der Waals surface area contributed by atoms with Crippen LogP contribution in [0.5, 0.6) is 0 Å². The third-order valence-electron chi connectivity index (χ3n) is 7.15. The van der Waals surface area contributed by atoms with E-state index in [9.17, 15) is 0 Å². The molecule has 2 nitrogen and oxygen atoms in total. The molecule has 2 atom stereocenters. The largest absolute Gasteiger partial charge is 0.421 e. The van der Waals surface area contributed by atoms with E-state index >= 15 is 0 Å². The van der Waals surface area contributed by atoms with Crippen LogP contribution in [0.1, 0.15) is 0 Å². The van der Waals surface area contributed by atoms with E-state index in [2.05, 4.69) is 91.7 Å². The molecule has 0 saturated heterocycles. The van der Waals surface area contributed by atoms with Gasteiger partial charge < -0.3 is 8.85 Å².